The summed E-state index contributed by atoms with van der Waals surface area (Å²) < 4.78 is 5.20. The summed E-state index contributed by atoms with van der Waals surface area (Å²) in [4.78, 5) is 18.2. The van der Waals surface area contributed by atoms with Crippen LogP contribution in [0.3, 0.4) is 0 Å². The number of hydrogen-bond donors (Lipinski definition) is 2. The Balaban J connectivity index is 2.66. The molecule has 0 aliphatic carbocycles. The second-order valence-corrected chi connectivity index (χ2v) is 3.16. The summed E-state index contributed by atoms with van der Waals surface area (Å²) in [5.74, 6) is 0.682. The molecule has 0 bridgehead atoms. The monoisotopic (exact) mass is 211 g/mol. The molecule has 0 unspecified atom stereocenters. The van der Waals surface area contributed by atoms with Crippen LogP contribution in [-0.4, -0.2) is 30.2 Å². The van der Waals surface area contributed by atoms with E-state index in [9.17, 15) is 4.79 Å². The molecule has 15 heavy (non-hydrogen) atoms. The summed E-state index contributed by atoms with van der Waals surface area (Å²) in [6.45, 7) is 3.81. The molecule has 1 aromatic rings. The standard InChI is InChI=1S/C10H17N3O2/c1-3-15-5-4-9-12-8(7-11-2)6-10(14)13-9/h6,11H,3-5,7H2,1-2H3,(H,12,13,14). The number of ether oxygens (including phenoxy) is 1. The Morgan fingerprint density at radius 2 is 2.40 bits per heavy atom. The maximum atomic E-state index is 11.3. The first-order valence-corrected chi connectivity index (χ1v) is 5.07. The molecule has 0 amide bonds. The lowest BCUT2D eigenvalue weighted by molar-refractivity contribution is 0.149. The Bertz CT molecular complexity index is 349. The van der Waals surface area contributed by atoms with Gasteiger partial charge in [0.05, 0.1) is 12.3 Å². The number of hydrogen-bond acceptors (Lipinski definition) is 4. The molecule has 0 fully saturated rings. The number of rotatable bonds is 6. The minimum absolute atomic E-state index is 0.109. The first kappa shape index (κ1) is 11.9. The third-order valence-electron chi connectivity index (χ3n) is 1.89. The molecule has 0 saturated heterocycles. The quantitative estimate of drug-likeness (QED) is 0.653. The Kier molecular flexibility index (Phi) is 5.00. The van der Waals surface area contributed by atoms with Crippen LogP contribution in [-0.2, 0) is 17.7 Å². The van der Waals surface area contributed by atoms with Gasteiger partial charge in [-0.25, -0.2) is 4.98 Å². The molecule has 0 aliphatic heterocycles. The van der Waals surface area contributed by atoms with E-state index >= 15 is 0 Å². The highest BCUT2D eigenvalue weighted by molar-refractivity contribution is 5.02. The molecule has 2 N–H and O–H groups in total. The number of nitrogens with one attached hydrogen (secondary N) is 2. The predicted molar refractivity (Wildman–Crippen MR) is 57.8 cm³/mol. The van der Waals surface area contributed by atoms with E-state index in [0.29, 0.717) is 32.0 Å². The summed E-state index contributed by atoms with van der Waals surface area (Å²) in [5, 5.41) is 2.96. The van der Waals surface area contributed by atoms with Crippen LogP contribution in [0.1, 0.15) is 18.4 Å². The number of aromatic amines is 1. The van der Waals surface area contributed by atoms with Crippen LogP contribution >= 0.6 is 0 Å². The van der Waals surface area contributed by atoms with Crippen molar-refractivity contribution in [3.8, 4) is 0 Å². The predicted octanol–water partition coefficient (Wildman–Crippen LogP) is 0.0683. The lowest BCUT2D eigenvalue weighted by Crippen LogP contribution is -2.17. The van der Waals surface area contributed by atoms with Crippen molar-refractivity contribution in [3.05, 3.63) is 27.9 Å². The Morgan fingerprint density at radius 3 is 3.07 bits per heavy atom. The van der Waals surface area contributed by atoms with Crippen LogP contribution < -0.4 is 10.9 Å². The zero-order chi connectivity index (χ0) is 11.1. The first-order chi connectivity index (χ1) is 7.26. The molecule has 5 heteroatoms. The molecule has 84 valence electrons. The zero-order valence-electron chi connectivity index (χ0n) is 9.17. The molecule has 0 aromatic carbocycles. The van der Waals surface area contributed by atoms with Gasteiger partial charge in [-0.3, -0.25) is 4.79 Å². The zero-order valence-corrected chi connectivity index (χ0v) is 9.17. The Morgan fingerprint density at radius 1 is 1.60 bits per heavy atom. The summed E-state index contributed by atoms with van der Waals surface area (Å²) in [6.07, 6.45) is 0.640. The lowest BCUT2D eigenvalue weighted by Gasteiger charge is -2.03. The van der Waals surface area contributed by atoms with Gasteiger partial charge in [0.25, 0.3) is 5.56 Å². The number of nitrogens with zero attached hydrogens (tertiary/aromatic N) is 1. The van der Waals surface area contributed by atoms with Crippen molar-refractivity contribution in [2.45, 2.75) is 19.9 Å². The minimum atomic E-state index is -0.109. The third kappa shape index (κ3) is 4.22. The van der Waals surface area contributed by atoms with Gasteiger partial charge in [0.15, 0.2) is 0 Å². The van der Waals surface area contributed by atoms with Gasteiger partial charge in [-0.05, 0) is 14.0 Å². The van der Waals surface area contributed by atoms with E-state index in [2.05, 4.69) is 15.3 Å². The minimum Gasteiger partial charge on any atom is -0.381 e. The van der Waals surface area contributed by atoms with Gasteiger partial charge in [0.2, 0.25) is 0 Å². The largest absolute Gasteiger partial charge is 0.381 e. The lowest BCUT2D eigenvalue weighted by atomic mass is 10.3. The fourth-order valence-corrected chi connectivity index (χ4v) is 1.27. The average molecular weight is 211 g/mol. The summed E-state index contributed by atoms with van der Waals surface area (Å²) in [6, 6.07) is 1.50. The van der Waals surface area contributed by atoms with Crippen molar-refractivity contribution in [2.75, 3.05) is 20.3 Å². The van der Waals surface area contributed by atoms with Crippen molar-refractivity contribution < 1.29 is 4.74 Å². The van der Waals surface area contributed by atoms with Crippen LogP contribution in [0.25, 0.3) is 0 Å². The summed E-state index contributed by atoms with van der Waals surface area (Å²) in [7, 11) is 1.82. The van der Waals surface area contributed by atoms with Crippen LogP contribution in [0.4, 0.5) is 0 Å². The van der Waals surface area contributed by atoms with E-state index in [0.717, 1.165) is 5.69 Å². The number of aromatic nitrogens is 2. The molecule has 0 aliphatic rings. The number of H-pyrrole nitrogens is 1. The molecular formula is C10H17N3O2. The van der Waals surface area contributed by atoms with E-state index in [1.165, 1.54) is 6.07 Å². The molecule has 0 radical (unpaired) electrons. The molecule has 1 heterocycles. The topological polar surface area (TPSA) is 67.0 Å². The third-order valence-corrected chi connectivity index (χ3v) is 1.89. The fourth-order valence-electron chi connectivity index (χ4n) is 1.27. The fraction of sp³-hybridized carbons (Fsp3) is 0.600. The SMILES string of the molecule is CCOCCc1nc(CNC)cc(=O)[nH]1. The highest BCUT2D eigenvalue weighted by Gasteiger charge is 2.00. The molecule has 0 spiro atoms. The summed E-state index contributed by atoms with van der Waals surface area (Å²) in [5.41, 5.74) is 0.648. The second kappa shape index (κ2) is 6.31. The van der Waals surface area contributed by atoms with E-state index in [-0.39, 0.29) is 5.56 Å². The van der Waals surface area contributed by atoms with Gasteiger partial charge in [-0.15, -0.1) is 0 Å². The van der Waals surface area contributed by atoms with Gasteiger partial charge in [-0.1, -0.05) is 0 Å². The molecular weight excluding hydrogens is 194 g/mol. The second-order valence-electron chi connectivity index (χ2n) is 3.16. The van der Waals surface area contributed by atoms with Crippen LogP contribution in [0.5, 0.6) is 0 Å². The highest BCUT2D eigenvalue weighted by Crippen LogP contribution is 1.93. The van der Waals surface area contributed by atoms with Crippen molar-refractivity contribution in [3.63, 3.8) is 0 Å². The van der Waals surface area contributed by atoms with Crippen molar-refractivity contribution in [1.29, 1.82) is 0 Å². The van der Waals surface area contributed by atoms with Crippen LogP contribution in [0, 0.1) is 0 Å². The van der Waals surface area contributed by atoms with Gasteiger partial charge in [0, 0.05) is 25.6 Å². The normalized spacial score (nSPS) is 10.5. The Labute approximate surface area is 88.9 Å². The average Bonchev–Trinajstić information content (AvgIpc) is 2.18. The first-order valence-electron chi connectivity index (χ1n) is 5.07. The van der Waals surface area contributed by atoms with Crippen molar-refractivity contribution in [2.24, 2.45) is 0 Å². The molecule has 0 saturated carbocycles. The highest BCUT2D eigenvalue weighted by atomic mass is 16.5. The molecule has 5 nitrogen and oxygen atoms in total. The van der Waals surface area contributed by atoms with Crippen LogP contribution in [0.15, 0.2) is 10.9 Å². The van der Waals surface area contributed by atoms with Gasteiger partial charge in [0.1, 0.15) is 5.82 Å². The van der Waals surface area contributed by atoms with E-state index in [4.69, 9.17) is 4.74 Å². The molecule has 1 aromatic heterocycles. The van der Waals surface area contributed by atoms with Crippen molar-refractivity contribution >= 4 is 0 Å². The summed E-state index contributed by atoms with van der Waals surface area (Å²) >= 11 is 0. The van der Waals surface area contributed by atoms with E-state index in [1.807, 2.05) is 14.0 Å². The van der Waals surface area contributed by atoms with Crippen molar-refractivity contribution in [1.82, 2.24) is 15.3 Å². The van der Waals surface area contributed by atoms with E-state index in [1.54, 1.807) is 0 Å². The van der Waals surface area contributed by atoms with E-state index < -0.39 is 0 Å². The van der Waals surface area contributed by atoms with Gasteiger partial charge < -0.3 is 15.0 Å². The smallest absolute Gasteiger partial charge is 0.251 e. The Hall–Kier alpha value is -1.20. The van der Waals surface area contributed by atoms with Gasteiger partial charge in [-0.2, -0.15) is 0 Å². The van der Waals surface area contributed by atoms with Crippen LogP contribution in [0.2, 0.25) is 0 Å². The van der Waals surface area contributed by atoms with Gasteiger partial charge >= 0.3 is 0 Å². The molecule has 0 atom stereocenters. The maximum Gasteiger partial charge on any atom is 0.251 e. The molecule has 1 rings (SSSR count). The maximum absolute atomic E-state index is 11.3.